The average molecular weight is 815 g/mol. The van der Waals surface area contributed by atoms with Crippen molar-refractivity contribution in [2.75, 3.05) is 4.90 Å². The number of para-hydroxylation sites is 1. The molecule has 300 valence electrons. The van der Waals surface area contributed by atoms with Crippen molar-refractivity contribution in [1.29, 1.82) is 0 Å². The highest BCUT2D eigenvalue weighted by Gasteiger charge is 2.23. The summed E-state index contributed by atoms with van der Waals surface area (Å²) in [6, 6.07) is 92.7. The molecule has 0 aliphatic carbocycles. The van der Waals surface area contributed by atoms with Gasteiger partial charge in [-0.05, 0) is 127 Å². The zero-order valence-electron chi connectivity index (χ0n) is 35.1. The van der Waals surface area contributed by atoms with E-state index < -0.39 is 0 Å². The second-order valence-corrected chi connectivity index (χ2v) is 16.5. The summed E-state index contributed by atoms with van der Waals surface area (Å²) in [5.41, 5.74) is 16.3. The van der Waals surface area contributed by atoms with Gasteiger partial charge in [0, 0.05) is 27.8 Å². The Bertz CT molecular complexity index is 3640. The van der Waals surface area contributed by atoms with Crippen LogP contribution in [-0.2, 0) is 0 Å². The van der Waals surface area contributed by atoms with Crippen LogP contribution in [0.4, 0.5) is 17.1 Å². The first kappa shape index (κ1) is 37.3. The highest BCUT2D eigenvalue weighted by atomic mass is 15.1. The van der Waals surface area contributed by atoms with Crippen LogP contribution in [0.25, 0.3) is 93.5 Å². The third-order valence-corrected chi connectivity index (χ3v) is 12.7. The van der Waals surface area contributed by atoms with Crippen LogP contribution in [0.3, 0.4) is 0 Å². The molecule has 0 atom stereocenters. The van der Waals surface area contributed by atoms with Crippen molar-refractivity contribution in [3.05, 3.63) is 255 Å². The molecule has 0 N–H and O–H groups in total. The van der Waals surface area contributed by atoms with Gasteiger partial charge in [-0.15, -0.1) is 0 Å². The van der Waals surface area contributed by atoms with E-state index in [1.807, 2.05) is 0 Å². The summed E-state index contributed by atoms with van der Waals surface area (Å²) in [6.45, 7) is 0. The number of aromatic nitrogens is 1. The molecular formula is C62H42N2. The summed E-state index contributed by atoms with van der Waals surface area (Å²) in [7, 11) is 0. The Morgan fingerprint density at radius 1 is 0.281 bits per heavy atom. The molecule has 2 nitrogen and oxygen atoms in total. The summed E-state index contributed by atoms with van der Waals surface area (Å²) in [6.07, 6.45) is 0. The van der Waals surface area contributed by atoms with Crippen LogP contribution in [0.2, 0.25) is 0 Å². The molecule has 0 aliphatic heterocycles. The minimum absolute atomic E-state index is 1.08. The molecular weight excluding hydrogens is 773 g/mol. The van der Waals surface area contributed by atoms with Crippen molar-refractivity contribution in [3.8, 4) is 50.2 Å². The third kappa shape index (κ3) is 6.44. The summed E-state index contributed by atoms with van der Waals surface area (Å²) < 4.78 is 2.43. The van der Waals surface area contributed by atoms with Gasteiger partial charge in [0.25, 0.3) is 0 Å². The van der Waals surface area contributed by atoms with Gasteiger partial charge in [0.15, 0.2) is 0 Å². The van der Waals surface area contributed by atoms with Crippen LogP contribution in [0.15, 0.2) is 255 Å². The SMILES string of the molecule is c1ccc(-c2cccc(-c3ccc(N(c4cccc(-c5cccc6cccc(-c7ccccc7)c56)c4)c4cccc5c4c4c6ccccc6ccc4n5-c4ccccc4)cc3)c2)cc1. The first-order chi connectivity index (χ1) is 31.8. The molecule has 0 amide bonds. The standard InChI is InChI=1S/C62H42N2/c1-4-17-43(18-5-1)48-24-12-25-49(41-48)44-35-38-52(39-36-44)63(53-29-13-26-50(42-53)56-32-15-23-47-22-14-31-54(60(47)56)45-19-6-2-7-20-45)57-33-16-34-58-62(57)61-55-30-11-10-21-46(55)37-40-59(61)64(58)51-27-8-3-9-28-51/h1-42H. The van der Waals surface area contributed by atoms with Gasteiger partial charge in [-0.1, -0.05) is 194 Å². The zero-order valence-corrected chi connectivity index (χ0v) is 35.1. The monoisotopic (exact) mass is 814 g/mol. The predicted molar refractivity (Wildman–Crippen MR) is 272 cm³/mol. The molecule has 11 aromatic carbocycles. The Hall–Kier alpha value is -8.46. The first-order valence-corrected chi connectivity index (χ1v) is 22.0. The number of hydrogen-bond donors (Lipinski definition) is 0. The smallest absolute Gasteiger partial charge is 0.0562 e. The topological polar surface area (TPSA) is 8.17 Å². The minimum Gasteiger partial charge on any atom is -0.310 e. The second-order valence-electron chi connectivity index (χ2n) is 16.5. The fourth-order valence-corrected chi connectivity index (χ4v) is 9.84. The Labute approximate surface area is 373 Å². The zero-order chi connectivity index (χ0) is 42.4. The van der Waals surface area contributed by atoms with Gasteiger partial charge in [0.1, 0.15) is 0 Å². The lowest BCUT2D eigenvalue weighted by atomic mass is 9.91. The lowest BCUT2D eigenvalue weighted by molar-refractivity contribution is 1.18. The van der Waals surface area contributed by atoms with Gasteiger partial charge < -0.3 is 9.47 Å². The Morgan fingerprint density at radius 3 is 1.58 bits per heavy atom. The van der Waals surface area contributed by atoms with Crippen LogP contribution in [0.5, 0.6) is 0 Å². The van der Waals surface area contributed by atoms with E-state index in [0.717, 1.165) is 33.8 Å². The van der Waals surface area contributed by atoms with Crippen molar-refractivity contribution >= 4 is 60.4 Å². The molecule has 0 fully saturated rings. The van der Waals surface area contributed by atoms with E-state index in [-0.39, 0.29) is 0 Å². The Morgan fingerprint density at radius 2 is 0.828 bits per heavy atom. The second kappa shape index (κ2) is 15.8. The van der Waals surface area contributed by atoms with Gasteiger partial charge in [-0.25, -0.2) is 0 Å². The lowest BCUT2D eigenvalue weighted by Crippen LogP contribution is -2.10. The summed E-state index contributed by atoms with van der Waals surface area (Å²) in [5, 5.41) is 7.38. The fraction of sp³-hybridized carbons (Fsp3) is 0. The van der Waals surface area contributed by atoms with E-state index in [9.17, 15) is 0 Å². The first-order valence-electron chi connectivity index (χ1n) is 22.0. The minimum atomic E-state index is 1.08. The largest absolute Gasteiger partial charge is 0.310 e. The molecule has 0 spiro atoms. The molecule has 0 bridgehead atoms. The van der Waals surface area contributed by atoms with Gasteiger partial charge in [0.2, 0.25) is 0 Å². The number of benzene rings is 11. The predicted octanol–water partition coefficient (Wildman–Crippen LogP) is 17.2. The summed E-state index contributed by atoms with van der Waals surface area (Å²) in [4.78, 5) is 2.47. The molecule has 64 heavy (non-hydrogen) atoms. The molecule has 12 aromatic rings. The van der Waals surface area contributed by atoms with Gasteiger partial charge in [-0.3, -0.25) is 0 Å². The van der Waals surface area contributed by atoms with Crippen LogP contribution in [0, 0.1) is 0 Å². The Balaban J connectivity index is 1.10. The molecule has 2 heteroatoms. The Kier molecular flexibility index (Phi) is 9.20. The molecule has 1 heterocycles. The molecule has 0 radical (unpaired) electrons. The maximum Gasteiger partial charge on any atom is 0.0562 e. The maximum atomic E-state index is 2.47. The van der Waals surface area contributed by atoms with Gasteiger partial charge in [-0.2, -0.15) is 0 Å². The summed E-state index contributed by atoms with van der Waals surface area (Å²) >= 11 is 0. The quantitative estimate of drug-likeness (QED) is 0.148. The van der Waals surface area contributed by atoms with Crippen LogP contribution < -0.4 is 4.90 Å². The van der Waals surface area contributed by atoms with E-state index in [1.165, 1.54) is 76.8 Å². The maximum absolute atomic E-state index is 2.47. The summed E-state index contributed by atoms with van der Waals surface area (Å²) in [5.74, 6) is 0. The molecule has 0 saturated carbocycles. The van der Waals surface area contributed by atoms with Crippen molar-refractivity contribution in [2.24, 2.45) is 0 Å². The fourth-order valence-electron chi connectivity index (χ4n) is 9.84. The number of nitrogens with zero attached hydrogens (tertiary/aromatic N) is 2. The van der Waals surface area contributed by atoms with E-state index in [1.54, 1.807) is 0 Å². The lowest BCUT2D eigenvalue weighted by Gasteiger charge is -2.27. The molecule has 0 unspecified atom stereocenters. The molecule has 1 aromatic heterocycles. The average Bonchev–Trinajstić information content (AvgIpc) is 3.73. The number of anilines is 3. The van der Waals surface area contributed by atoms with Crippen molar-refractivity contribution in [1.82, 2.24) is 4.57 Å². The normalized spacial score (nSPS) is 11.4. The van der Waals surface area contributed by atoms with Crippen molar-refractivity contribution in [3.63, 3.8) is 0 Å². The van der Waals surface area contributed by atoms with Crippen molar-refractivity contribution in [2.45, 2.75) is 0 Å². The number of rotatable bonds is 8. The highest BCUT2D eigenvalue weighted by molar-refractivity contribution is 6.25. The molecule has 0 saturated heterocycles. The van der Waals surface area contributed by atoms with E-state index in [4.69, 9.17) is 0 Å². The van der Waals surface area contributed by atoms with Crippen LogP contribution in [-0.4, -0.2) is 4.57 Å². The van der Waals surface area contributed by atoms with Crippen LogP contribution in [0.1, 0.15) is 0 Å². The van der Waals surface area contributed by atoms with Crippen LogP contribution >= 0.6 is 0 Å². The highest BCUT2D eigenvalue weighted by Crippen LogP contribution is 2.47. The van der Waals surface area contributed by atoms with Crippen molar-refractivity contribution < 1.29 is 0 Å². The number of fused-ring (bicyclic) bond motifs is 6. The number of hydrogen-bond acceptors (Lipinski definition) is 1. The molecule has 0 aliphatic rings. The van der Waals surface area contributed by atoms with E-state index >= 15 is 0 Å². The molecule has 12 rings (SSSR count). The van der Waals surface area contributed by atoms with E-state index in [2.05, 4.69) is 264 Å². The third-order valence-electron chi connectivity index (χ3n) is 12.7. The van der Waals surface area contributed by atoms with E-state index in [0.29, 0.717) is 0 Å². The van der Waals surface area contributed by atoms with Gasteiger partial charge >= 0.3 is 0 Å². The van der Waals surface area contributed by atoms with Gasteiger partial charge in [0.05, 0.1) is 16.7 Å².